The van der Waals surface area contributed by atoms with Gasteiger partial charge in [-0.3, -0.25) is 14.5 Å². The molecule has 0 bridgehead atoms. The number of aliphatic hydroxyl groups excluding tert-OH is 1. The van der Waals surface area contributed by atoms with Gasteiger partial charge in [-0.25, -0.2) is 0 Å². The smallest absolute Gasteiger partial charge is 0.300 e. The Kier molecular flexibility index (Phi) is 6.63. The van der Waals surface area contributed by atoms with Crippen LogP contribution in [0, 0.1) is 0 Å². The predicted octanol–water partition coefficient (Wildman–Crippen LogP) is 5.69. The van der Waals surface area contributed by atoms with Crippen LogP contribution in [-0.2, 0) is 15.0 Å². The van der Waals surface area contributed by atoms with Crippen molar-refractivity contribution in [2.45, 2.75) is 32.2 Å². The molecule has 1 fully saturated rings. The van der Waals surface area contributed by atoms with Crippen molar-refractivity contribution in [3.8, 4) is 5.75 Å². The summed E-state index contributed by atoms with van der Waals surface area (Å²) in [6.45, 7) is 6.38. The number of amides is 1. The Hall–Kier alpha value is -4.06. The molecule has 3 aromatic rings. The van der Waals surface area contributed by atoms with Gasteiger partial charge in [0.2, 0.25) is 0 Å². The van der Waals surface area contributed by atoms with Gasteiger partial charge in [0.1, 0.15) is 11.5 Å². The lowest BCUT2D eigenvalue weighted by molar-refractivity contribution is -0.132. The Morgan fingerprint density at radius 1 is 0.944 bits per heavy atom. The first-order valence-corrected chi connectivity index (χ1v) is 11.9. The fourth-order valence-corrected chi connectivity index (χ4v) is 4.42. The van der Waals surface area contributed by atoms with E-state index in [0.29, 0.717) is 17.0 Å². The molecule has 0 aliphatic carbocycles. The standard InChI is InChI=1S/C30H32N2O4/c1-30(2,3)21-12-10-19(11-13-21)26-25(27(33)20-8-7-9-24(18-20)36-6)28(34)29(35)32(26)23-16-14-22(15-17-23)31(4)5/h7-18,26,33H,1-6H3/b27-25-. The zero-order valence-corrected chi connectivity index (χ0v) is 21.6. The van der Waals surface area contributed by atoms with Gasteiger partial charge in [-0.2, -0.15) is 0 Å². The van der Waals surface area contributed by atoms with Gasteiger partial charge in [0.05, 0.1) is 18.7 Å². The average Bonchev–Trinajstić information content (AvgIpc) is 3.13. The van der Waals surface area contributed by atoms with E-state index in [2.05, 4.69) is 20.8 Å². The number of carbonyl (C=O) groups excluding carboxylic acids is 2. The number of rotatable bonds is 5. The fraction of sp³-hybridized carbons (Fsp3) is 0.267. The van der Waals surface area contributed by atoms with Gasteiger partial charge in [-0.1, -0.05) is 57.2 Å². The van der Waals surface area contributed by atoms with E-state index in [-0.39, 0.29) is 16.7 Å². The second-order valence-corrected chi connectivity index (χ2v) is 10.2. The number of methoxy groups -OCH3 is 1. The molecule has 1 unspecified atom stereocenters. The van der Waals surface area contributed by atoms with Gasteiger partial charge in [-0.05, 0) is 52.9 Å². The molecule has 1 heterocycles. The molecule has 6 heteroatoms. The molecule has 1 aliphatic heterocycles. The lowest BCUT2D eigenvalue weighted by atomic mass is 9.85. The minimum absolute atomic E-state index is 0.0495. The van der Waals surface area contributed by atoms with Gasteiger partial charge >= 0.3 is 0 Å². The van der Waals surface area contributed by atoms with Crippen LogP contribution in [0.5, 0.6) is 5.75 Å². The summed E-state index contributed by atoms with van der Waals surface area (Å²) in [6, 6.07) is 21.4. The van der Waals surface area contributed by atoms with Crippen molar-refractivity contribution in [2.75, 3.05) is 31.0 Å². The molecule has 1 amide bonds. The summed E-state index contributed by atoms with van der Waals surface area (Å²) in [5.74, 6) is -1.10. The number of ketones is 1. The summed E-state index contributed by atoms with van der Waals surface area (Å²) < 4.78 is 5.29. The zero-order valence-electron chi connectivity index (χ0n) is 21.6. The molecule has 1 atom stereocenters. The van der Waals surface area contributed by atoms with Crippen LogP contribution >= 0.6 is 0 Å². The number of Topliss-reactive ketones (excluding diaryl/α,β-unsaturated/α-hetero) is 1. The van der Waals surface area contributed by atoms with E-state index in [0.717, 1.165) is 16.8 Å². The normalized spacial score (nSPS) is 17.4. The maximum Gasteiger partial charge on any atom is 0.300 e. The first-order valence-electron chi connectivity index (χ1n) is 11.9. The maximum atomic E-state index is 13.4. The Balaban J connectivity index is 1.91. The van der Waals surface area contributed by atoms with Crippen LogP contribution in [0.2, 0.25) is 0 Å². The Morgan fingerprint density at radius 3 is 2.14 bits per heavy atom. The lowest BCUT2D eigenvalue weighted by Gasteiger charge is -2.27. The molecule has 1 aliphatic rings. The lowest BCUT2D eigenvalue weighted by Crippen LogP contribution is -2.29. The number of hydrogen-bond donors (Lipinski definition) is 1. The third-order valence-electron chi connectivity index (χ3n) is 6.52. The van der Waals surface area contributed by atoms with Crippen LogP contribution in [0.4, 0.5) is 11.4 Å². The van der Waals surface area contributed by atoms with Gasteiger partial charge in [-0.15, -0.1) is 0 Å². The van der Waals surface area contributed by atoms with E-state index in [1.807, 2.05) is 67.5 Å². The summed E-state index contributed by atoms with van der Waals surface area (Å²) >= 11 is 0. The highest BCUT2D eigenvalue weighted by Crippen LogP contribution is 2.43. The van der Waals surface area contributed by atoms with Crippen LogP contribution < -0.4 is 14.5 Å². The number of carbonyl (C=O) groups is 2. The monoisotopic (exact) mass is 484 g/mol. The molecule has 1 saturated heterocycles. The van der Waals surface area contributed by atoms with E-state index < -0.39 is 17.7 Å². The molecule has 0 spiro atoms. The summed E-state index contributed by atoms with van der Waals surface area (Å²) in [4.78, 5) is 30.2. The second-order valence-electron chi connectivity index (χ2n) is 10.2. The van der Waals surface area contributed by atoms with Crippen LogP contribution in [0.15, 0.2) is 78.4 Å². The summed E-state index contributed by atoms with van der Waals surface area (Å²) in [7, 11) is 5.41. The van der Waals surface area contributed by atoms with Crippen molar-refractivity contribution in [1.29, 1.82) is 0 Å². The fourth-order valence-electron chi connectivity index (χ4n) is 4.42. The highest BCUT2D eigenvalue weighted by Gasteiger charge is 2.47. The number of nitrogens with zero attached hydrogens (tertiary/aromatic N) is 2. The van der Waals surface area contributed by atoms with Crippen molar-refractivity contribution in [2.24, 2.45) is 0 Å². The number of benzene rings is 3. The summed E-state index contributed by atoms with van der Waals surface area (Å²) in [5.41, 5.74) is 3.83. The first-order chi connectivity index (χ1) is 17.0. The van der Waals surface area contributed by atoms with Crippen LogP contribution in [0.1, 0.15) is 43.5 Å². The third kappa shape index (κ3) is 4.59. The minimum atomic E-state index is -0.782. The van der Waals surface area contributed by atoms with E-state index in [4.69, 9.17) is 4.74 Å². The van der Waals surface area contributed by atoms with Crippen molar-refractivity contribution in [3.63, 3.8) is 0 Å². The van der Waals surface area contributed by atoms with E-state index >= 15 is 0 Å². The number of aliphatic hydroxyl groups is 1. The molecule has 3 aromatic carbocycles. The molecule has 36 heavy (non-hydrogen) atoms. The Labute approximate surface area is 212 Å². The zero-order chi connectivity index (χ0) is 26.2. The second kappa shape index (κ2) is 9.53. The molecule has 0 aromatic heterocycles. The maximum absolute atomic E-state index is 13.4. The van der Waals surface area contributed by atoms with E-state index in [1.165, 1.54) is 12.0 Å². The van der Waals surface area contributed by atoms with E-state index in [9.17, 15) is 14.7 Å². The molecular formula is C30H32N2O4. The molecule has 0 radical (unpaired) electrons. The van der Waals surface area contributed by atoms with Crippen LogP contribution in [-0.4, -0.2) is 38.0 Å². The number of hydrogen-bond acceptors (Lipinski definition) is 5. The number of ether oxygens (including phenoxy) is 1. The summed E-state index contributed by atoms with van der Waals surface area (Å²) in [5, 5.41) is 11.3. The summed E-state index contributed by atoms with van der Waals surface area (Å²) in [6.07, 6.45) is 0. The Bertz CT molecular complexity index is 1320. The number of anilines is 2. The largest absolute Gasteiger partial charge is 0.507 e. The van der Waals surface area contributed by atoms with Gasteiger partial charge < -0.3 is 14.7 Å². The topological polar surface area (TPSA) is 70.1 Å². The molecule has 0 saturated carbocycles. The predicted molar refractivity (Wildman–Crippen MR) is 144 cm³/mol. The van der Waals surface area contributed by atoms with Crippen LogP contribution in [0.25, 0.3) is 5.76 Å². The van der Waals surface area contributed by atoms with Gasteiger partial charge in [0.15, 0.2) is 0 Å². The van der Waals surface area contributed by atoms with E-state index in [1.54, 1.807) is 24.3 Å². The highest BCUT2D eigenvalue weighted by molar-refractivity contribution is 6.51. The van der Waals surface area contributed by atoms with Crippen molar-refractivity contribution >= 4 is 28.8 Å². The minimum Gasteiger partial charge on any atom is -0.507 e. The first kappa shape index (κ1) is 25.0. The molecule has 186 valence electrons. The molecular weight excluding hydrogens is 452 g/mol. The van der Waals surface area contributed by atoms with Crippen molar-refractivity contribution < 1.29 is 19.4 Å². The Morgan fingerprint density at radius 2 is 1.58 bits per heavy atom. The SMILES string of the molecule is COc1cccc(/C(O)=C2/C(=O)C(=O)N(c3ccc(N(C)C)cc3)C2c2ccc(C(C)(C)C)cc2)c1. The molecule has 4 rings (SSSR count). The quantitative estimate of drug-likeness (QED) is 0.286. The highest BCUT2D eigenvalue weighted by atomic mass is 16.5. The average molecular weight is 485 g/mol. The molecule has 1 N–H and O–H groups in total. The van der Waals surface area contributed by atoms with Crippen LogP contribution in [0.3, 0.4) is 0 Å². The van der Waals surface area contributed by atoms with Gasteiger partial charge in [0, 0.05) is 31.0 Å². The van der Waals surface area contributed by atoms with Gasteiger partial charge in [0.25, 0.3) is 11.7 Å². The third-order valence-corrected chi connectivity index (χ3v) is 6.52. The van der Waals surface area contributed by atoms with Crippen molar-refractivity contribution in [3.05, 3.63) is 95.1 Å². The van der Waals surface area contributed by atoms with Crippen molar-refractivity contribution in [1.82, 2.24) is 0 Å². The molecule has 6 nitrogen and oxygen atoms in total.